The number of piperidine rings is 1. The van der Waals surface area contributed by atoms with E-state index in [4.69, 9.17) is 20.9 Å². The lowest BCUT2D eigenvalue weighted by Gasteiger charge is -2.35. The van der Waals surface area contributed by atoms with E-state index in [9.17, 15) is 9.59 Å². The van der Waals surface area contributed by atoms with Crippen LogP contribution in [0, 0.1) is 5.92 Å². The molecule has 1 unspecified atom stereocenters. The molecule has 0 aliphatic carbocycles. The van der Waals surface area contributed by atoms with Crippen LogP contribution >= 0.6 is 11.3 Å². The zero-order chi connectivity index (χ0) is 21.1. The first-order chi connectivity index (χ1) is 14.5. The highest BCUT2D eigenvalue weighted by atomic mass is 32.1. The van der Waals surface area contributed by atoms with Crippen molar-refractivity contribution in [3.8, 4) is 0 Å². The van der Waals surface area contributed by atoms with Gasteiger partial charge in [-0.05, 0) is 24.8 Å². The maximum atomic E-state index is 12.2. The van der Waals surface area contributed by atoms with Crippen LogP contribution in [0.5, 0.6) is 0 Å². The van der Waals surface area contributed by atoms with Gasteiger partial charge in [0.15, 0.2) is 0 Å². The molecule has 2 aliphatic heterocycles. The van der Waals surface area contributed by atoms with E-state index in [0.717, 1.165) is 37.0 Å². The molecule has 4 N–H and O–H groups in total. The van der Waals surface area contributed by atoms with E-state index in [0.29, 0.717) is 54.2 Å². The van der Waals surface area contributed by atoms with Crippen molar-refractivity contribution in [2.45, 2.75) is 12.8 Å². The molecule has 1 atom stereocenters. The van der Waals surface area contributed by atoms with Crippen molar-refractivity contribution < 1.29 is 19.1 Å². The quantitative estimate of drug-likeness (QED) is 0.698. The molecule has 0 radical (unpaired) electrons. The summed E-state index contributed by atoms with van der Waals surface area (Å²) in [5.74, 6) is -0.196. The molecule has 2 aromatic rings. The maximum Gasteiger partial charge on any atom is 0.260 e. The summed E-state index contributed by atoms with van der Waals surface area (Å²) in [6.45, 7) is 4.77. The fraction of sp³-hybridized carbons (Fsp3) is 0.550. The van der Waals surface area contributed by atoms with Crippen LogP contribution < -0.4 is 16.4 Å². The number of anilines is 2. The molecule has 0 spiro atoms. The highest BCUT2D eigenvalue weighted by Crippen LogP contribution is 2.39. The third kappa shape index (κ3) is 4.35. The van der Waals surface area contributed by atoms with Gasteiger partial charge in [0.1, 0.15) is 16.3 Å². The number of nitrogens with zero attached hydrogens (tertiary/aromatic N) is 3. The van der Waals surface area contributed by atoms with Crippen LogP contribution in [0.4, 0.5) is 11.4 Å². The number of hydrogen-bond acceptors (Lipinski definition) is 8. The monoisotopic (exact) mass is 433 g/mol. The Morgan fingerprint density at radius 1 is 1.30 bits per heavy atom. The number of carbonyl (C=O) groups excluding carboxylic acids is 2. The van der Waals surface area contributed by atoms with E-state index in [2.05, 4.69) is 9.88 Å². The second kappa shape index (κ2) is 9.15. The van der Waals surface area contributed by atoms with E-state index < -0.39 is 5.91 Å². The number of rotatable bonds is 6. The highest BCUT2D eigenvalue weighted by Gasteiger charge is 2.25. The second-order valence-corrected chi connectivity index (χ2v) is 8.68. The van der Waals surface area contributed by atoms with Crippen molar-refractivity contribution >= 4 is 44.7 Å². The number of nitrogen functional groups attached to an aromatic ring is 1. The average Bonchev–Trinajstić information content (AvgIpc) is 3.11. The fourth-order valence-corrected chi connectivity index (χ4v) is 5.05. The third-order valence-corrected chi connectivity index (χ3v) is 6.76. The Balaban J connectivity index is 1.39. The number of nitrogens with two attached hydrogens (primary N) is 2. The standard InChI is InChI=1S/C20H27N5O4S/c21-17-16-14(3-4-23-20(16)30-18(17)19(22)27)25-5-1-2-13(10-25)11-29-12-15(26)24-6-8-28-9-7-24/h3-4,13H,1-2,5-12,21H2,(H2,22,27). The topological polar surface area (TPSA) is 124 Å². The molecular weight excluding hydrogens is 406 g/mol. The molecule has 4 rings (SSSR count). The van der Waals surface area contributed by atoms with Gasteiger partial charge < -0.3 is 30.7 Å². The van der Waals surface area contributed by atoms with E-state index in [-0.39, 0.29) is 12.5 Å². The summed E-state index contributed by atoms with van der Waals surface area (Å²) in [4.78, 5) is 33.4. The average molecular weight is 434 g/mol. The van der Waals surface area contributed by atoms with E-state index >= 15 is 0 Å². The molecule has 10 heteroatoms. The Morgan fingerprint density at radius 2 is 2.10 bits per heavy atom. The smallest absolute Gasteiger partial charge is 0.260 e. The van der Waals surface area contributed by atoms with Gasteiger partial charge in [0.25, 0.3) is 5.91 Å². The van der Waals surface area contributed by atoms with Crippen molar-refractivity contribution in [2.24, 2.45) is 11.7 Å². The van der Waals surface area contributed by atoms with Crippen LogP contribution in [0.2, 0.25) is 0 Å². The van der Waals surface area contributed by atoms with Crippen LogP contribution in [-0.2, 0) is 14.3 Å². The van der Waals surface area contributed by atoms with Gasteiger partial charge >= 0.3 is 0 Å². The van der Waals surface area contributed by atoms with Gasteiger partial charge in [-0.15, -0.1) is 11.3 Å². The Kier molecular flexibility index (Phi) is 6.35. The summed E-state index contributed by atoms with van der Waals surface area (Å²) < 4.78 is 11.0. The summed E-state index contributed by atoms with van der Waals surface area (Å²) in [5, 5.41) is 0.792. The molecule has 4 heterocycles. The number of thiophene rings is 1. The molecule has 0 aromatic carbocycles. The minimum absolute atomic E-state index is 0.0202. The largest absolute Gasteiger partial charge is 0.397 e. The van der Waals surface area contributed by atoms with E-state index in [1.54, 1.807) is 11.1 Å². The lowest BCUT2D eigenvalue weighted by molar-refractivity contribution is -0.140. The molecule has 30 heavy (non-hydrogen) atoms. The number of fused-ring (bicyclic) bond motifs is 1. The number of aromatic nitrogens is 1. The Labute approximate surface area is 178 Å². The predicted molar refractivity (Wildman–Crippen MR) is 116 cm³/mol. The summed E-state index contributed by atoms with van der Waals surface area (Å²) in [5.41, 5.74) is 13.1. The van der Waals surface area contributed by atoms with Crippen molar-refractivity contribution in [2.75, 3.05) is 63.2 Å². The predicted octanol–water partition coefficient (Wildman–Crippen LogP) is 1.07. The van der Waals surface area contributed by atoms with Crippen molar-refractivity contribution in [1.82, 2.24) is 9.88 Å². The lowest BCUT2D eigenvalue weighted by Crippen LogP contribution is -2.43. The number of pyridine rings is 1. The van der Waals surface area contributed by atoms with E-state index in [1.165, 1.54) is 11.3 Å². The van der Waals surface area contributed by atoms with Gasteiger partial charge in [0, 0.05) is 32.4 Å². The number of primary amides is 1. The summed E-state index contributed by atoms with van der Waals surface area (Å²) in [6.07, 6.45) is 3.80. The molecule has 0 saturated carbocycles. The number of ether oxygens (including phenoxy) is 2. The zero-order valence-corrected chi connectivity index (χ0v) is 17.7. The Morgan fingerprint density at radius 3 is 2.87 bits per heavy atom. The Bertz CT molecular complexity index is 927. The summed E-state index contributed by atoms with van der Waals surface area (Å²) in [7, 11) is 0. The first kappa shape index (κ1) is 20.8. The molecule has 2 aromatic heterocycles. The maximum absolute atomic E-state index is 12.2. The number of morpholine rings is 1. The zero-order valence-electron chi connectivity index (χ0n) is 16.8. The minimum Gasteiger partial charge on any atom is -0.397 e. The normalized spacial score (nSPS) is 19.9. The minimum atomic E-state index is -0.531. The van der Waals surface area contributed by atoms with Gasteiger partial charge in [-0.3, -0.25) is 9.59 Å². The van der Waals surface area contributed by atoms with Crippen molar-refractivity contribution in [1.29, 1.82) is 0 Å². The molecular formula is C20H27N5O4S. The number of amides is 2. The van der Waals surface area contributed by atoms with Gasteiger partial charge in [-0.1, -0.05) is 0 Å². The molecule has 2 aliphatic rings. The molecule has 2 saturated heterocycles. The molecule has 2 amide bonds. The number of carbonyl (C=O) groups is 2. The Hall–Kier alpha value is -2.43. The van der Waals surface area contributed by atoms with Gasteiger partial charge in [0.2, 0.25) is 5.91 Å². The third-order valence-electron chi connectivity index (χ3n) is 5.63. The van der Waals surface area contributed by atoms with Crippen LogP contribution in [0.15, 0.2) is 12.3 Å². The van der Waals surface area contributed by atoms with E-state index in [1.807, 2.05) is 6.07 Å². The van der Waals surface area contributed by atoms with Crippen molar-refractivity contribution in [3.05, 3.63) is 17.1 Å². The second-order valence-electron chi connectivity index (χ2n) is 7.68. The first-order valence-electron chi connectivity index (χ1n) is 10.2. The summed E-state index contributed by atoms with van der Waals surface area (Å²) >= 11 is 1.23. The first-order valence-corrected chi connectivity index (χ1v) is 11.0. The lowest BCUT2D eigenvalue weighted by atomic mass is 9.98. The van der Waals surface area contributed by atoms with Gasteiger partial charge in [-0.25, -0.2) is 4.98 Å². The molecule has 0 bridgehead atoms. The molecule has 2 fully saturated rings. The molecule has 162 valence electrons. The van der Waals surface area contributed by atoms with Gasteiger partial charge in [0.05, 0.1) is 36.6 Å². The van der Waals surface area contributed by atoms with Crippen molar-refractivity contribution in [3.63, 3.8) is 0 Å². The van der Waals surface area contributed by atoms with Crippen LogP contribution in [0.25, 0.3) is 10.2 Å². The van der Waals surface area contributed by atoms with Gasteiger partial charge in [-0.2, -0.15) is 0 Å². The summed E-state index contributed by atoms with van der Waals surface area (Å²) in [6, 6.07) is 1.93. The highest BCUT2D eigenvalue weighted by molar-refractivity contribution is 7.21. The molecule has 9 nitrogen and oxygen atoms in total. The number of hydrogen-bond donors (Lipinski definition) is 2. The van der Waals surface area contributed by atoms with Crippen LogP contribution in [0.1, 0.15) is 22.5 Å². The van der Waals surface area contributed by atoms with Crippen LogP contribution in [-0.4, -0.2) is 74.3 Å². The van der Waals surface area contributed by atoms with Crippen LogP contribution in [0.3, 0.4) is 0 Å². The fourth-order valence-electron chi connectivity index (χ4n) is 4.11. The SMILES string of the molecule is NC(=O)c1sc2nccc(N3CCCC(COCC(=O)N4CCOCC4)C3)c2c1N.